The molecule has 0 aromatic carbocycles. The van der Waals surface area contributed by atoms with Gasteiger partial charge >= 0.3 is 5.97 Å². The highest BCUT2D eigenvalue weighted by Gasteiger charge is 2.02. The number of aliphatic hydroxyl groups excluding tert-OH is 1. The van der Waals surface area contributed by atoms with Crippen molar-refractivity contribution in [2.24, 2.45) is 0 Å². The highest BCUT2D eigenvalue weighted by Crippen LogP contribution is 2.21. The van der Waals surface area contributed by atoms with E-state index in [0.29, 0.717) is 13.0 Å². The van der Waals surface area contributed by atoms with Crippen molar-refractivity contribution >= 4 is 5.97 Å². The molecule has 0 spiro atoms. The average molecular weight is 1090 g/mol. The summed E-state index contributed by atoms with van der Waals surface area (Å²) in [5.74, 6) is -0.646. The molecule has 0 aliphatic rings. The molecule has 0 amide bonds. The Morgan fingerprint density at radius 2 is 0.221 bits per heavy atom. The Morgan fingerprint density at radius 1 is 0.143 bits per heavy atom. The molecule has 0 unspecified atom stereocenters. The fourth-order valence-corrected chi connectivity index (χ4v) is 12.6. The SMILES string of the molecule is O=C(O)CCCCCCCCCCCCCCCCCCCCCCCCCCCCCCCCCCCCCCCCCCCCCCCCCCCCCCCCCCCCCCCCCCCCCCCCCO. The minimum Gasteiger partial charge on any atom is -0.481 e. The molecule has 2 N–H and O–H groups in total. The molecule has 77 heavy (non-hydrogen) atoms. The van der Waals surface area contributed by atoms with Gasteiger partial charge in [-0.2, -0.15) is 0 Å². The zero-order valence-corrected chi connectivity index (χ0v) is 53.4. The van der Waals surface area contributed by atoms with Crippen molar-refractivity contribution in [1.29, 1.82) is 0 Å². The van der Waals surface area contributed by atoms with E-state index in [9.17, 15) is 4.79 Å². The molecule has 0 heterocycles. The van der Waals surface area contributed by atoms with Crippen molar-refractivity contribution in [3.05, 3.63) is 0 Å². The van der Waals surface area contributed by atoms with Gasteiger partial charge in [-0.1, -0.05) is 443 Å². The molecule has 3 heteroatoms. The fraction of sp³-hybridized carbons (Fsp3) is 0.986. The number of carboxylic acids is 1. The monoisotopic (exact) mass is 1090 g/mol. The van der Waals surface area contributed by atoms with E-state index >= 15 is 0 Å². The second-order valence-electron chi connectivity index (χ2n) is 26.0. The smallest absolute Gasteiger partial charge is 0.303 e. The Kier molecular flexibility index (Phi) is 72.9. The molecule has 0 aliphatic carbocycles. The average Bonchev–Trinajstić information content (AvgIpc) is 3.43. The van der Waals surface area contributed by atoms with Gasteiger partial charge < -0.3 is 10.2 Å². The first-order chi connectivity index (χ1) is 38.3. The lowest BCUT2D eigenvalue weighted by atomic mass is 10.0. The van der Waals surface area contributed by atoms with Crippen LogP contribution in [0.5, 0.6) is 0 Å². The zero-order chi connectivity index (χ0) is 55.2. The summed E-state index contributed by atoms with van der Waals surface area (Å²) >= 11 is 0. The number of unbranched alkanes of at least 4 members (excludes halogenated alkanes) is 70. The number of rotatable bonds is 73. The van der Waals surface area contributed by atoms with Gasteiger partial charge in [0, 0.05) is 13.0 Å². The van der Waals surface area contributed by atoms with Gasteiger partial charge in [0.2, 0.25) is 0 Å². The lowest BCUT2D eigenvalue weighted by Crippen LogP contribution is -1.93. The molecule has 0 bridgehead atoms. The topological polar surface area (TPSA) is 57.5 Å². The van der Waals surface area contributed by atoms with Crippen LogP contribution in [0.3, 0.4) is 0 Å². The standard InChI is InChI=1S/C74H148O3/c75-73-71-69-67-65-63-61-59-57-55-53-51-49-47-45-43-41-39-37-35-33-31-29-27-25-23-21-19-17-15-13-11-9-7-5-3-1-2-4-6-8-10-12-14-16-18-20-22-24-26-28-30-32-34-36-38-40-42-44-46-48-50-52-54-56-58-60-62-64-66-68-70-72-74(76)77/h75H,1-73H2,(H,76,77). The Bertz CT molecular complexity index is 1010. The van der Waals surface area contributed by atoms with Crippen molar-refractivity contribution in [2.45, 2.75) is 462 Å². The van der Waals surface area contributed by atoms with E-state index in [1.165, 1.54) is 437 Å². The van der Waals surface area contributed by atoms with Crippen molar-refractivity contribution < 1.29 is 15.0 Å². The number of aliphatic carboxylic acids is 1. The molecule has 0 atom stereocenters. The first-order valence-corrected chi connectivity index (χ1v) is 37.1. The summed E-state index contributed by atoms with van der Waals surface area (Å²) in [6, 6.07) is 0. The minimum absolute atomic E-state index is 0.346. The van der Waals surface area contributed by atoms with Crippen LogP contribution in [0.15, 0.2) is 0 Å². The third-order valence-electron chi connectivity index (χ3n) is 18.0. The fourth-order valence-electron chi connectivity index (χ4n) is 12.6. The van der Waals surface area contributed by atoms with E-state index in [4.69, 9.17) is 10.2 Å². The maximum atomic E-state index is 10.5. The van der Waals surface area contributed by atoms with Gasteiger partial charge in [0.1, 0.15) is 0 Å². The molecule has 0 saturated carbocycles. The van der Waals surface area contributed by atoms with Crippen molar-refractivity contribution in [3.63, 3.8) is 0 Å². The predicted octanol–water partition coefficient (Wildman–Crippen LogP) is 27.2. The van der Waals surface area contributed by atoms with Gasteiger partial charge in [-0.3, -0.25) is 4.79 Å². The Hall–Kier alpha value is -0.570. The molecular formula is C74H148O3. The predicted molar refractivity (Wildman–Crippen MR) is 347 cm³/mol. The van der Waals surface area contributed by atoms with Crippen molar-refractivity contribution in [1.82, 2.24) is 0 Å². The second-order valence-corrected chi connectivity index (χ2v) is 26.0. The van der Waals surface area contributed by atoms with Gasteiger partial charge in [-0.05, 0) is 12.8 Å². The van der Waals surface area contributed by atoms with E-state index in [1.807, 2.05) is 0 Å². The molecule has 0 rings (SSSR count). The summed E-state index contributed by atoms with van der Waals surface area (Å²) in [5, 5.41) is 17.5. The summed E-state index contributed by atoms with van der Waals surface area (Å²) in [7, 11) is 0. The van der Waals surface area contributed by atoms with Crippen LogP contribution in [-0.4, -0.2) is 22.8 Å². The normalized spacial score (nSPS) is 11.7. The van der Waals surface area contributed by atoms with E-state index in [0.717, 1.165) is 19.3 Å². The van der Waals surface area contributed by atoms with Gasteiger partial charge in [-0.15, -0.1) is 0 Å². The number of hydrogen-bond acceptors (Lipinski definition) is 2. The summed E-state index contributed by atoms with van der Waals surface area (Å²) in [5.41, 5.74) is 0. The van der Waals surface area contributed by atoms with Crippen LogP contribution < -0.4 is 0 Å². The molecule has 0 saturated heterocycles. The van der Waals surface area contributed by atoms with E-state index in [-0.39, 0.29) is 0 Å². The third kappa shape index (κ3) is 75.4. The highest BCUT2D eigenvalue weighted by molar-refractivity contribution is 5.66. The molecule has 3 nitrogen and oxygen atoms in total. The zero-order valence-electron chi connectivity index (χ0n) is 53.4. The first kappa shape index (κ1) is 76.4. The van der Waals surface area contributed by atoms with E-state index in [2.05, 4.69) is 0 Å². The summed E-state index contributed by atoms with van der Waals surface area (Å²) < 4.78 is 0. The van der Waals surface area contributed by atoms with Crippen LogP contribution in [0.2, 0.25) is 0 Å². The molecular weight excluding hydrogens is 937 g/mol. The molecule has 462 valence electrons. The van der Waals surface area contributed by atoms with Crippen LogP contribution in [0.25, 0.3) is 0 Å². The number of hydrogen-bond donors (Lipinski definition) is 2. The van der Waals surface area contributed by atoms with Crippen LogP contribution in [0.1, 0.15) is 462 Å². The quantitative estimate of drug-likeness (QED) is 0.0597. The summed E-state index contributed by atoms with van der Waals surface area (Å²) in [6.45, 7) is 0.373. The lowest BCUT2D eigenvalue weighted by molar-refractivity contribution is -0.137. The van der Waals surface area contributed by atoms with Crippen LogP contribution in [-0.2, 0) is 4.79 Å². The molecule has 0 aromatic rings. The maximum Gasteiger partial charge on any atom is 0.303 e. The van der Waals surface area contributed by atoms with Crippen LogP contribution in [0.4, 0.5) is 0 Å². The second kappa shape index (κ2) is 73.4. The van der Waals surface area contributed by atoms with Crippen LogP contribution in [0, 0.1) is 0 Å². The minimum atomic E-state index is -0.646. The van der Waals surface area contributed by atoms with Crippen LogP contribution >= 0.6 is 0 Å². The third-order valence-corrected chi connectivity index (χ3v) is 18.0. The Balaban J connectivity index is 3.08. The van der Waals surface area contributed by atoms with Gasteiger partial charge in [0.15, 0.2) is 0 Å². The van der Waals surface area contributed by atoms with Crippen molar-refractivity contribution in [3.8, 4) is 0 Å². The van der Waals surface area contributed by atoms with E-state index < -0.39 is 5.97 Å². The molecule has 0 radical (unpaired) electrons. The highest BCUT2D eigenvalue weighted by atomic mass is 16.4. The molecule has 0 aliphatic heterocycles. The summed E-state index contributed by atoms with van der Waals surface area (Å²) in [4.78, 5) is 10.5. The Labute approximate surface area is 487 Å². The van der Waals surface area contributed by atoms with Gasteiger partial charge in [0.25, 0.3) is 0 Å². The number of carbonyl (C=O) groups is 1. The maximum absolute atomic E-state index is 10.5. The van der Waals surface area contributed by atoms with Gasteiger partial charge in [-0.25, -0.2) is 0 Å². The number of aliphatic hydroxyl groups is 1. The largest absolute Gasteiger partial charge is 0.481 e. The number of carboxylic acid groups (broad SMARTS) is 1. The molecule has 0 fully saturated rings. The lowest BCUT2D eigenvalue weighted by Gasteiger charge is -2.05. The van der Waals surface area contributed by atoms with Gasteiger partial charge in [0.05, 0.1) is 0 Å². The summed E-state index contributed by atoms with van der Waals surface area (Å²) in [6.07, 6.45) is 102. The van der Waals surface area contributed by atoms with E-state index in [1.54, 1.807) is 0 Å². The molecule has 0 aromatic heterocycles. The first-order valence-electron chi connectivity index (χ1n) is 37.1. The van der Waals surface area contributed by atoms with Crippen molar-refractivity contribution in [2.75, 3.05) is 6.61 Å². The Morgan fingerprint density at radius 3 is 0.299 bits per heavy atom.